The van der Waals surface area contributed by atoms with Gasteiger partial charge in [0.05, 0.1) is 5.69 Å². The minimum absolute atomic E-state index is 0.101. The van der Waals surface area contributed by atoms with Crippen LogP contribution in [0.15, 0.2) is 30.9 Å². The average molecular weight is 305 g/mol. The molecule has 0 spiro atoms. The SMILES string of the molecule is C=CCNC(=O)c1ccc(OCC(=O)NCCCC)c(N)c1. The van der Waals surface area contributed by atoms with Crippen LogP contribution in [0.2, 0.25) is 0 Å². The number of amides is 2. The van der Waals surface area contributed by atoms with Crippen molar-refractivity contribution in [3.63, 3.8) is 0 Å². The van der Waals surface area contributed by atoms with Crippen molar-refractivity contribution in [3.8, 4) is 5.75 Å². The molecule has 0 bridgehead atoms. The number of carbonyl (C=O) groups is 2. The predicted octanol–water partition coefficient (Wildman–Crippen LogP) is 1.48. The summed E-state index contributed by atoms with van der Waals surface area (Å²) < 4.78 is 5.36. The number of unbranched alkanes of at least 4 members (excludes halogenated alkanes) is 1. The van der Waals surface area contributed by atoms with E-state index in [9.17, 15) is 9.59 Å². The number of ether oxygens (including phenoxy) is 1. The number of anilines is 1. The molecule has 0 radical (unpaired) electrons. The zero-order valence-corrected chi connectivity index (χ0v) is 12.9. The number of benzene rings is 1. The zero-order valence-electron chi connectivity index (χ0n) is 12.9. The van der Waals surface area contributed by atoms with Crippen LogP contribution in [0.25, 0.3) is 0 Å². The molecule has 4 N–H and O–H groups in total. The third-order valence-electron chi connectivity index (χ3n) is 2.89. The normalized spacial score (nSPS) is 9.86. The van der Waals surface area contributed by atoms with E-state index >= 15 is 0 Å². The highest BCUT2D eigenvalue weighted by Crippen LogP contribution is 2.22. The fourth-order valence-electron chi connectivity index (χ4n) is 1.69. The maximum atomic E-state index is 11.8. The van der Waals surface area contributed by atoms with Gasteiger partial charge in [0.25, 0.3) is 11.8 Å². The number of nitrogen functional groups attached to an aromatic ring is 1. The molecular weight excluding hydrogens is 282 g/mol. The van der Waals surface area contributed by atoms with E-state index in [1.807, 2.05) is 0 Å². The average Bonchev–Trinajstić information content (AvgIpc) is 2.51. The van der Waals surface area contributed by atoms with Crippen molar-refractivity contribution in [1.29, 1.82) is 0 Å². The van der Waals surface area contributed by atoms with E-state index in [2.05, 4.69) is 24.1 Å². The van der Waals surface area contributed by atoms with Gasteiger partial charge in [-0.15, -0.1) is 6.58 Å². The van der Waals surface area contributed by atoms with Gasteiger partial charge in [-0.2, -0.15) is 0 Å². The molecule has 0 aliphatic rings. The smallest absolute Gasteiger partial charge is 0.257 e. The molecule has 0 aromatic heterocycles. The van der Waals surface area contributed by atoms with Gasteiger partial charge in [0, 0.05) is 18.7 Å². The summed E-state index contributed by atoms with van der Waals surface area (Å²) in [6.07, 6.45) is 3.54. The van der Waals surface area contributed by atoms with Crippen molar-refractivity contribution in [2.24, 2.45) is 0 Å². The van der Waals surface area contributed by atoms with E-state index in [4.69, 9.17) is 10.5 Å². The predicted molar refractivity (Wildman–Crippen MR) is 86.8 cm³/mol. The van der Waals surface area contributed by atoms with Gasteiger partial charge in [-0.1, -0.05) is 19.4 Å². The van der Waals surface area contributed by atoms with Gasteiger partial charge < -0.3 is 21.1 Å². The van der Waals surface area contributed by atoms with Gasteiger partial charge in [-0.05, 0) is 24.6 Å². The van der Waals surface area contributed by atoms with E-state index < -0.39 is 0 Å². The molecule has 0 aliphatic heterocycles. The molecule has 0 heterocycles. The zero-order chi connectivity index (χ0) is 16.4. The molecule has 0 saturated carbocycles. The third-order valence-corrected chi connectivity index (χ3v) is 2.89. The summed E-state index contributed by atoms with van der Waals surface area (Å²) in [6.45, 7) is 6.50. The van der Waals surface area contributed by atoms with Crippen LogP contribution >= 0.6 is 0 Å². The number of rotatable bonds is 9. The van der Waals surface area contributed by atoms with Gasteiger partial charge in [0.2, 0.25) is 0 Å². The fourth-order valence-corrected chi connectivity index (χ4v) is 1.69. The van der Waals surface area contributed by atoms with Crippen LogP contribution in [0.4, 0.5) is 5.69 Å². The number of hydrogen-bond donors (Lipinski definition) is 3. The monoisotopic (exact) mass is 305 g/mol. The second-order valence-electron chi connectivity index (χ2n) is 4.74. The van der Waals surface area contributed by atoms with E-state index in [0.717, 1.165) is 12.8 Å². The quantitative estimate of drug-likeness (QED) is 0.366. The summed E-state index contributed by atoms with van der Waals surface area (Å²) in [5, 5.41) is 5.40. The number of carbonyl (C=O) groups excluding carboxylic acids is 2. The lowest BCUT2D eigenvalue weighted by atomic mass is 10.1. The molecule has 0 fully saturated rings. The molecule has 0 saturated heterocycles. The summed E-state index contributed by atoms with van der Waals surface area (Å²) in [7, 11) is 0. The minimum Gasteiger partial charge on any atom is -0.482 e. The van der Waals surface area contributed by atoms with Crippen LogP contribution in [-0.2, 0) is 4.79 Å². The Hall–Kier alpha value is -2.50. The molecule has 0 atom stereocenters. The molecule has 6 nitrogen and oxygen atoms in total. The molecule has 2 amide bonds. The Balaban J connectivity index is 2.53. The number of hydrogen-bond acceptors (Lipinski definition) is 4. The first-order valence-electron chi connectivity index (χ1n) is 7.26. The molecule has 6 heteroatoms. The standard InChI is InChI=1S/C16H23N3O3/c1-3-5-9-18-15(20)11-22-14-7-6-12(10-13(14)17)16(21)19-8-4-2/h4,6-7,10H,2-3,5,8-9,11,17H2,1H3,(H,18,20)(H,19,21). The van der Waals surface area contributed by atoms with Gasteiger partial charge in [-0.3, -0.25) is 9.59 Å². The molecule has 1 aromatic carbocycles. The Bertz CT molecular complexity index is 529. The molecule has 22 heavy (non-hydrogen) atoms. The van der Waals surface area contributed by atoms with Crippen molar-refractivity contribution in [1.82, 2.24) is 10.6 Å². The van der Waals surface area contributed by atoms with Crippen LogP contribution in [0.5, 0.6) is 5.75 Å². The Morgan fingerprint density at radius 2 is 2.14 bits per heavy atom. The first-order valence-corrected chi connectivity index (χ1v) is 7.26. The van der Waals surface area contributed by atoms with Crippen molar-refractivity contribution in [2.75, 3.05) is 25.4 Å². The highest BCUT2D eigenvalue weighted by molar-refractivity contribution is 5.95. The summed E-state index contributed by atoms with van der Waals surface area (Å²) in [5.41, 5.74) is 6.58. The minimum atomic E-state index is -0.240. The number of nitrogens with two attached hydrogens (primary N) is 1. The molecule has 0 aliphatic carbocycles. The van der Waals surface area contributed by atoms with Gasteiger partial charge in [0.15, 0.2) is 6.61 Å². The van der Waals surface area contributed by atoms with Crippen LogP contribution in [0.3, 0.4) is 0 Å². The van der Waals surface area contributed by atoms with Gasteiger partial charge in [0.1, 0.15) is 5.75 Å². The first-order chi connectivity index (χ1) is 10.6. The lowest BCUT2D eigenvalue weighted by molar-refractivity contribution is -0.123. The summed E-state index contributed by atoms with van der Waals surface area (Å²) in [5.74, 6) is -0.0537. The second kappa shape index (κ2) is 9.44. The maximum absolute atomic E-state index is 11.8. The van der Waals surface area contributed by atoms with E-state index in [-0.39, 0.29) is 18.4 Å². The lowest BCUT2D eigenvalue weighted by Crippen LogP contribution is -2.29. The molecule has 1 aromatic rings. The van der Waals surface area contributed by atoms with Crippen LogP contribution < -0.4 is 21.1 Å². The largest absolute Gasteiger partial charge is 0.482 e. The fraction of sp³-hybridized carbons (Fsp3) is 0.375. The van der Waals surface area contributed by atoms with Crippen molar-refractivity contribution >= 4 is 17.5 Å². The summed E-state index contributed by atoms with van der Waals surface area (Å²) >= 11 is 0. The molecule has 0 unspecified atom stereocenters. The third kappa shape index (κ3) is 5.87. The Labute approximate surface area is 130 Å². The molecule has 120 valence electrons. The maximum Gasteiger partial charge on any atom is 0.257 e. The summed E-state index contributed by atoms with van der Waals surface area (Å²) in [4.78, 5) is 23.3. The van der Waals surface area contributed by atoms with Crippen molar-refractivity contribution < 1.29 is 14.3 Å². The van der Waals surface area contributed by atoms with E-state index in [0.29, 0.717) is 30.1 Å². The first kappa shape index (κ1) is 17.6. The van der Waals surface area contributed by atoms with E-state index in [1.54, 1.807) is 18.2 Å². The number of nitrogens with one attached hydrogen (secondary N) is 2. The van der Waals surface area contributed by atoms with Crippen LogP contribution in [0.1, 0.15) is 30.1 Å². The Kier molecular flexibility index (Phi) is 7.53. The Morgan fingerprint density at radius 1 is 1.36 bits per heavy atom. The van der Waals surface area contributed by atoms with Gasteiger partial charge in [-0.25, -0.2) is 0 Å². The van der Waals surface area contributed by atoms with Crippen LogP contribution in [-0.4, -0.2) is 31.5 Å². The highest BCUT2D eigenvalue weighted by atomic mass is 16.5. The summed E-state index contributed by atoms with van der Waals surface area (Å²) in [6, 6.07) is 4.69. The van der Waals surface area contributed by atoms with Gasteiger partial charge >= 0.3 is 0 Å². The lowest BCUT2D eigenvalue weighted by Gasteiger charge is -2.10. The highest BCUT2D eigenvalue weighted by Gasteiger charge is 2.09. The van der Waals surface area contributed by atoms with Crippen molar-refractivity contribution in [2.45, 2.75) is 19.8 Å². The molecular formula is C16H23N3O3. The second-order valence-corrected chi connectivity index (χ2v) is 4.74. The van der Waals surface area contributed by atoms with E-state index in [1.165, 1.54) is 6.07 Å². The van der Waals surface area contributed by atoms with Crippen LogP contribution in [0, 0.1) is 0 Å². The molecule has 1 rings (SSSR count). The topological polar surface area (TPSA) is 93.4 Å². The Morgan fingerprint density at radius 3 is 2.77 bits per heavy atom. The van der Waals surface area contributed by atoms with Crippen molar-refractivity contribution in [3.05, 3.63) is 36.4 Å².